The molecule has 0 aromatic carbocycles. The number of guanidine groups is 1. The minimum atomic E-state index is -2.73. The number of aliphatic hydroxyl groups excluding tert-OH is 1. The highest BCUT2D eigenvalue weighted by Crippen LogP contribution is 2.09. The molecule has 0 atom stereocenters. The Kier molecular flexibility index (Phi) is 9.88. The lowest BCUT2D eigenvalue weighted by atomic mass is 10.1. The van der Waals surface area contributed by atoms with E-state index in [2.05, 4.69) is 17.2 Å². The standard InChI is InChI=1S/C16H31N3O4/c1-3-4-5-6-7-8-9-10-11-14(21)17-15(18-16(22)23)19(2)12-13-20/h20H,3-13H2,1-2H3,(H,22,23)(H,17,18,21)/i2D3. The number of carboxylic acid groups (broad SMARTS) is 1. The Labute approximate surface area is 143 Å². The smallest absolute Gasteiger partial charge is 0.434 e. The molecule has 0 aromatic rings. The zero-order chi connectivity index (χ0) is 20.0. The molecule has 0 bridgehead atoms. The SMILES string of the molecule is [2H]C([2H])([2H])N(CCO)C(=NC(=O)O)NC(=O)CCCCCCCCCC. The average Bonchev–Trinajstić information content (AvgIpc) is 2.53. The van der Waals surface area contributed by atoms with Gasteiger partial charge in [0.05, 0.1) is 6.61 Å². The van der Waals surface area contributed by atoms with Gasteiger partial charge in [0.2, 0.25) is 11.9 Å². The van der Waals surface area contributed by atoms with Crippen molar-refractivity contribution in [2.24, 2.45) is 4.99 Å². The minimum Gasteiger partial charge on any atom is -0.463 e. The van der Waals surface area contributed by atoms with Crippen molar-refractivity contribution < 1.29 is 23.9 Å². The van der Waals surface area contributed by atoms with Crippen LogP contribution in [0.5, 0.6) is 0 Å². The van der Waals surface area contributed by atoms with Gasteiger partial charge in [0.1, 0.15) is 0 Å². The van der Waals surface area contributed by atoms with E-state index in [9.17, 15) is 9.59 Å². The molecule has 0 spiro atoms. The summed E-state index contributed by atoms with van der Waals surface area (Å²) in [6, 6.07) is 0. The van der Waals surface area contributed by atoms with Crippen LogP contribution in [0.2, 0.25) is 0 Å². The number of aliphatic hydroxyl groups is 1. The number of carbonyl (C=O) groups excluding carboxylic acids is 1. The number of amides is 2. The van der Waals surface area contributed by atoms with Gasteiger partial charge in [-0.15, -0.1) is 4.99 Å². The molecule has 0 rings (SSSR count). The number of hydrogen-bond donors (Lipinski definition) is 3. The van der Waals surface area contributed by atoms with Crippen LogP contribution in [0.25, 0.3) is 0 Å². The second kappa shape index (κ2) is 14.0. The lowest BCUT2D eigenvalue weighted by Gasteiger charge is -2.19. The molecular weight excluding hydrogens is 298 g/mol. The number of unbranched alkanes of at least 4 members (excludes halogenated alkanes) is 7. The first kappa shape index (κ1) is 16.2. The number of likely N-dealkylation sites (N-methyl/N-ethyl adjacent to an activating group) is 1. The molecule has 0 radical (unpaired) electrons. The third-order valence-corrected chi connectivity index (χ3v) is 3.29. The Hall–Kier alpha value is -1.63. The van der Waals surface area contributed by atoms with Crippen LogP contribution in [-0.4, -0.2) is 53.2 Å². The fraction of sp³-hybridized carbons (Fsp3) is 0.812. The van der Waals surface area contributed by atoms with Crippen molar-refractivity contribution in [3.8, 4) is 0 Å². The van der Waals surface area contributed by atoms with E-state index < -0.39 is 31.5 Å². The van der Waals surface area contributed by atoms with Gasteiger partial charge in [0.25, 0.3) is 0 Å². The first-order valence-electron chi connectivity index (χ1n) is 9.72. The Morgan fingerprint density at radius 3 is 2.26 bits per heavy atom. The lowest BCUT2D eigenvalue weighted by Crippen LogP contribution is -2.43. The Bertz CT molecular complexity index is 457. The van der Waals surface area contributed by atoms with Crippen LogP contribution < -0.4 is 5.32 Å². The molecule has 3 N–H and O–H groups in total. The van der Waals surface area contributed by atoms with E-state index >= 15 is 0 Å². The maximum atomic E-state index is 12.0. The van der Waals surface area contributed by atoms with Gasteiger partial charge < -0.3 is 15.1 Å². The van der Waals surface area contributed by atoms with E-state index in [1.807, 2.05) is 0 Å². The van der Waals surface area contributed by atoms with Crippen LogP contribution in [0.15, 0.2) is 4.99 Å². The predicted octanol–water partition coefficient (Wildman–Crippen LogP) is 2.59. The third kappa shape index (κ3) is 12.6. The summed E-state index contributed by atoms with van der Waals surface area (Å²) in [5.41, 5.74) is 0. The molecule has 0 saturated carbocycles. The highest BCUT2D eigenvalue weighted by Gasteiger charge is 2.12. The Morgan fingerprint density at radius 2 is 1.74 bits per heavy atom. The molecule has 0 aromatic heterocycles. The predicted molar refractivity (Wildman–Crippen MR) is 90.5 cm³/mol. The largest absolute Gasteiger partial charge is 0.463 e. The number of hydrogen-bond acceptors (Lipinski definition) is 3. The van der Waals surface area contributed by atoms with Crippen LogP contribution in [-0.2, 0) is 4.79 Å². The van der Waals surface area contributed by atoms with Crippen molar-refractivity contribution >= 4 is 18.0 Å². The molecule has 0 aliphatic rings. The molecule has 0 heterocycles. The quantitative estimate of drug-likeness (QED) is 0.307. The van der Waals surface area contributed by atoms with Crippen molar-refractivity contribution in [1.29, 1.82) is 0 Å². The van der Waals surface area contributed by atoms with Gasteiger partial charge in [0, 0.05) is 24.1 Å². The molecule has 134 valence electrons. The zero-order valence-electron chi connectivity index (χ0n) is 16.9. The summed E-state index contributed by atoms with van der Waals surface area (Å²) in [4.78, 5) is 26.5. The molecule has 0 saturated heterocycles. The fourth-order valence-electron chi connectivity index (χ4n) is 2.06. The molecule has 2 amide bonds. The Morgan fingerprint density at radius 1 is 1.13 bits per heavy atom. The fourth-order valence-corrected chi connectivity index (χ4v) is 2.06. The molecule has 0 unspecified atom stereocenters. The monoisotopic (exact) mass is 332 g/mol. The van der Waals surface area contributed by atoms with Gasteiger partial charge in [-0.3, -0.25) is 10.1 Å². The van der Waals surface area contributed by atoms with Gasteiger partial charge in [0.15, 0.2) is 0 Å². The maximum absolute atomic E-state index is 12.0. The van der Waals surface area contributed by atoms with E-state index in [1.54, 1.807) is 0 Å². The summed E-state index contributed by atoms with van der Waals surface area (Å²) >= 11 is 0. The topological polar surface area (TPSA) is 102 Å². The van der Waals surface area contributed by atoms with Crippen LogP contribution >= 0.6 is 0 Å². The summed E-state index contributed by atoms with van der Waals surface area (Å²) < 4.78 is 22.2. The van der Waals surface area contributed by atoms with Crippen molar-refractivity contribution in [2.75, 3.05) is 20.1 Å². The van der Waals surface area contributed by atoms with Gasteiger partial charge in [-0.25, -0.2) is 4.79 Å². The summed E-state index contributed by atoms with van der Waals surface area (Å²) in [5.74, 6) is -1.08. The minimum absolute atomic E-state index is 0.154. The number of aliphatic imine (C=N–C) groups is 1. The Balaban J connectivity index is 4.46. The van der Waals surface area contributed by atoms with E-state index in [-0.39, 0.29) is 13.0 Å². The van der Waals surface area contributed by atoms with E-state index in [0.717, 1.165) is 19.3 Å². The van der Waals surface area contributed by atoms with Gasteiger partial charge in [-0.1, -0.05) is 51.9 Å². The van der Waals surface area contributed by atoms with Gasteiger partial charge in [-0.05, 0) is 6.42 Å². The number of rotatable bonds is 11. The summed E-state index contributed by atoms with van der Waals surface area (Å²) in [7, 11) is 0. The summed E-state index contributed by atoms with van der Waals surface area (Å²) in [6.07, 6.45) is 7.03. The zero-order valence-corrected chi connectivity index (χ0v) is 13.9. The average molecular weight is 332 g/mol. The number of nitrogens with zero attached hydrogens (tertiary/aromatic N) is 2. The molecule has 7 heteroatoms. The normalized spacial score (nSPS) is 13.8. The van der Waals surface area contributed by atoms with Crippen LogP contribution in [0.3, 0.4) is 0 Å². The van der Waals surface area contributed by atoms with E-state index in [0.29, 0.717) is 11.3 Å². The molecule has 23 heavy (non-hydrogen) atoms. The summed E-state index contributed by atoms with van der Waals surface area (Å²) in [6.45, 7) is -1.47. The van der Waals surface area contributed by atoms with Crippen molar-refractivity contribution in [2.45, 2.75) is 64.7 Å². The van der Waals surface area contributed by atoms with E-state index in [1.165, 1.54) is 25.7 Å². The van der Waals surface area contributed by atoms with Crippen LogP contribution in [0.1, 0.15) is 68.8 Å². The third-order valence-electron chi connectivity index (χ3n) is 3.29. The van der Waals surface area contributed by atoms with Crippen molar-refractivity contribution in [1.82, 2.24) is 10.2 Å². The summed E-state index contributed by atoms with van der Waals surface area (Å²) in [5, 5.41) is 20.0. The first-order valence-corrected chi connectivity index (χ1v) is 8.22. The van der Waals surface area contributed by atoms with Crippen LogP contribution in [0, 0.1) is 0 Å². The van der Waals surface area contributed by atoms with Crippen molar-refractivity contribution in [3.05, 3.63) is 0 Å². The molecule has 0 fully saturated rings. The van der Waals surface area contributed by atoms with Gasteiger partial charge >= 0.3 is 6.09 Å². The van der Waals surface area contributed by atoms with Gasteiger partial charge in [-0.2, -0.15) is 0 Å². The molecule has 0 aliphatic carbocycles. The second-order valence-electron chi connectivity index (χ2n) is 5.37. The lowest BCUT2D eigenvalue weighted by molar-refractivity contribution is -0.119. The number of carbonyl (C=O) groups is 2. The van der Waals surface area contributed by atoms with E-state index in [4.69, 9.17) is 14.3 Å². The van der Waals surface area contributed by atoms with Crippen molar-refractivity contribution in [3.63, 3.8) is 0 Å². The number of nitrogens with one attached hydrogen (secondary N) is 1. The molecular formula is C16H31N3O4. The highest BCUT2D eigenvalue weighted by atomic mass is 16.4. The molecule has 0 aliphatic heterocycles. The second-order valence-corrected chi connectivity index (χ2v) is 5.37. The highest BCUT2D eigenvalue weighted by molar-refractivity contribution is 6.00. The maximum Gasteiger partial charge on any atom is 0.434 e. The molecule has 7 nitrogen and oxygen atoms in total. The first-order chi connectivity index (χ1) is 12.2. The van der Waals surface area contributed by atoms with Crippen LogP contribution in [0.4, 0.5) is 4.79 Å².